The number of hydrogen-bond donors (Lipinski definition) is 1. The molecule has 0 atom stereocenters. The second-order valence-electron chi connectivity index (χ2n) is 6.43. The van der Waals surface area contributed by atoms with Gasteiger partial charge in [-0.25, -0.2) is 4.79 Å². The Balaban J connectivity index is 1.71. The van der Waals surface area contributed by atoms with E-state index in [2.05, 4.69) is 4.74 Å². The van der Waals surface area contributed by atoms with Crippen molar-refractivity contribution < 1.29 is 33.0 Å². The molecular formula is C21H16F2O5. The summed E-state index contributed by atoms with van der Waals surface area (Å²) in [6.07, 6.45) is 2.39. The fourth-order valence-electron chi connectivity index (χ4n) is 3.09. The molecule has 0 radical (unpaired) electrons. The van der Waals surface area contributed by atoms with E-state index in [9.17, 15) is 23.2 Å². The van der Waals surface area contributed by atoms with Crippen LogP contribution in [0.3, 0.4) is 0 Å². The summed E-state index contributed by atoms with van der Waals surface area (Å²) in [5, 5.41) is 8.75. The number of benzene rings is 2. The number of ketones is 2. The lowest BCUT2D eigenvalue weighted by atomic mass is 9.75. The second-order valence-corrected chi connectivity index (χ2v) is 6.43. The molecule has 2 aromatic carbocycles. The van der Waals surface area contributed by atoms with Gasteiger partial charge in [0, 0.05) is 17.2 Å². The zero-order valence-corrected chi connectivity index (χ0v) is 14.6. The summed E-state index contributed by atoms with van der Waals surface area (Å²) in [4.78, 5) is 35.6. The Morgan fingerprint density at radius 1 is 1.00 bits per heavy atom. The molecule has 28 heavy (non-hydrogen) atoms. The predicted molar refractivity (Wildman–Crippen MR) is 95.9 cm³/mol. The Morgan fingerprint density at radius 3 is 2.25 bits per heavy atom. The van der Waals surface area contributed by atoms with E-state index < -0.39 is 24.1 Å². The highest BCUT2D eigenvalue weighted by Crippen LogP contribution is 2.41. The average molecular weight is 386 g/mol. The van der Waals surface area contributed by atoms with Crippen molar-refractivity contribution in [3.8, 4) is 5.75 Å². The number of halogens is 2. The Kier molecular flexibility index (Phi) is 5.63. The number of rotatable bonds is 7. The van der Waals surface area contributed by atoms with Gasteiger partial charge in [0.1, 0.15) is 5.75 Å². The zero-order chi connectivity index (χ0) is 20.3. The second kappa shape index (κ2) is 8.12. The number of hydrogen-bond acceptors (Lipinski definition) is 4. The summed E-state index contributed by atoms with van der Waals surface area (Å²) in [5.41, 5.74) is 2.00. The molecule has 0 unspecified atom stereocenters. The lowest BCUT2D eigenvalue weighted by Gasteiger charge is -2.29. The standard InChI is InChI=1S/C21H16F2O5/c22-21(23)28-17-6-4-13(5-7-17)19(26)20(27)15-3-1-2-14(11-15)16-8-12(9-16)10-18(24)25/h1-7,10-11,16,21H,8-9H2,(H,24,25). The fourth-order valence-corrected chi connectivity index (χ4v) is 3.09. The zero-order valence-electron chi connectivity index (χ0n) is 14.6. The highest BCUT2D eigenvalue weighted by molar-refractivity contribution is 6.49. The van der Waals surface area contributed by atoms with E-state index in [1.54, 1.807) is 12.1 Å². The summed E-state index contributed by atoms with van der Waals surface area (Å²) in [7, 11) is 0. The van der Waals surface area contributed by atoms with Crippen molar-refractivity contribution in [1.82, 2.24) is 0 Å². The molecule has 0 bridgehead atoms. The van der Waals surface area contributed by atoms with Crippen LogP contribution in [-0.2, 0) is 4.79 Å². The molecule has 144 valence electrons. The number of allylic oxidation sites excluding steroid dienone is 1. The number of carbonyl (C=O) groups is 3. The third-order valence-electron chi connectivity index (χ3n) is 4.51. The van der Waals surface area contributed by atoms with Crippen molar-refractivity contribution in [1.29, 1.82) is 0 Å². The number of alkyl halides is 2. The molecule has 5 nitrogen and oxygen atoms in total. The summed E-state index contributed by atoms with van der Waals surface area (Å²) in [6.45, 7) is -2.97. The molecule has 0 saturated heterocycles. The molecule has 0 aliphatic heterocycles. The van der Waals surface area contributed by atoms with Crippen molar-refractivity contribution in [2.24, 2.45) is 0 Å². The SMILES string of the molecule is O=C(O)C=C1CC(c2cccc(C(=O)C(=O)c3ccc(OC(F)F)cc3)c2)C1. The van der Waals surface area contributed by atoms with Gasteiger partial charge in [0.2, 0.25) is 11.6 Å². The van der Waals surface area contributed by atoms with Crippen LogP contribution in [0.15, 0.2) is 60.2 Å². The van der Waals surface area contributed by atoms with Gasteiger partial charge in [0.25, 0.3) is 0 Å². The summed E-state index contributed by atoms with van der Waals surface area (Å²) < 4.78 is 28.6. The average Bonchev–Trinajstić information content (AvgIpc) is 2.63. The molecule has 1 aliphatic carbocycles. The maximum absolute atomic E-state index is 12.5. The van der Waals surface area contributed by atoms with Gasteiger partial charge in [-0.1, -0.05) is 23.8 Å². The molecule has 1 N–H and O–H groups in total. The number of aliphatic carboxylic acids is 1. The Hall–Kier alpha value is -3.35. The largest absolute Gasteiger partial charge is 0.478 e. The first-order valence-corrected chi connectivity index (χ1v) is 8.49. The molecule has 1 aliphatic rings. The predicted octanol–water partition coefficient (Wildman–Crippen LogP) is 4.24. The van der Waals surface area contributed by atoms with Crippen LogP contribution in [0.4, 0.5) is 8.78 Å². The van der Waals surface area contributed by atoms with E-state index in [4.69, 9.17) is 5.11 Å². The molecule has 0 aromatic heterocycles. The van der Waals surface area contributed by atoms with Crippen molar-refractivity contribution in [3.63, 3.8) is 0 Å². The van der Waals surface area contributed by atoms with Gasteiger partial charge >= 0.3 is 12.6 Å². The number of carboxylic acids is 1. The summed E-state index contributed by atoms with van der Waals surface area (Å²) in [6, 6.07) is 11.6. The molecule has 1 fully saturated rings. The minimum Gasteiger partial charge on any atom is -0.478 e. The lowest BCUT2D eigenvalue weighted by Crippen LogP contribution is -2.17. The first-order chi connectivity index (χ1) is 13.3. The van der Waals surface area contributed by atoms with Crippen LogP contribution >= 0.6 is 0 Å². The van der Waals surface area contributed by atoms with Crippen LogP contribution in [0.1, 0.15) is 45.0 Å². The number of carboxylic acid groups (broad SMARTS) is 1. The van der Waals surface area contributed by atoms with Crippen LogP contribution in [0.2, 0.25) is 0 Å². The van der Waals surface area contributed by atoms with Gasteiger partial charge in [0.05, 0.1) is 0 Å². The van der Waals surface area contributed by atoms with E-state index in [1.165, 1.54) is 36.4 Å². The first-order valence-electron chi connectivity index (χ1n) is 8.49. The van der Waals surface area contributed by atoms with Crippen LogP contribution in [-0.4, -0.2) is 29.3 Å². The van der Waals surface area contributed by atoms with Gasteiger partial charge in [-0.15, -0.1) is 0 Å². The maximum atomic E-state index is 12.5. The monoisotopic (exact) mass is 386 g/mol. The molecule has 2 aromatic rings. The maximum Gasteiger partial charge on any atom is 0.387 e. The summed E-state index contributed by atoms with van der Waals surface area (Å²) >= 11 is 0. The fraction of sp³-hybridized carbons (Fsp3) is 0.190. The molecule has 0 spiro atoms. The quantitative estimate of drug-likeness (QED) is 0.437. The van der Waals surface area contributed by atoms with Crippen LogP contribution in [0.5, 0.6) is 5.75 Å². The Bertz CT molecular complexity index is 940. The number of Topliss-reactive ketones (excluding diaryl/α,β-unsaturated/α-hetero) is 2. The molecular weight excluding hydrogens is 370 g/mol. The van der Waals surface area contributed by atoms with Crippen LogP contribution < -0.4 is 4.74 Å². The smallest absolute Gasteiger partial charge is 0.387 e. The van der Waals surface area contributed by atoms with Crippen molar-refractivity contribution >= 4 is 17.5 Å². The topological polar surface area (TPSA) is 80.7 Å². The normalized spacial score (nSPS) is 15.7. The molecule has 1 saturated carbocycles. The molecule has 7 heteroatoms. The van der Waals surface area contributed by atoms with Crippen molar-refractivity contribution in [2.75, 3.05) is 0 Å². The highest BCUT2D eigenvalue weighted by Gasteiger charge is 2.27. The molecule has 0 heterocycles. The van der Waals surface area contributed by atoms with E-state index in [0.717, 1.165) is 11.1 Å². The van der Waals surface area contributed by atoms with Crippen molar-refractivity contribution in [3.05, 3.63) is 76.9 Å². The third-order valence-corrected chi connectivity index (χ3v) is 4.51. The van der Waals surface area contributed by atoms with E-state index in [0.29, 0.717) is 12.8 Å². The Labute approximate surface area is 159 Å². The minimum absolute atomic E-state index is 0.0762. The van der Waals surface area contributed by atoms with Gasteiger partial charge in [-0.3, -0.25) is 9.59 Å². The van der Waals surface area contributed by atoms with E-state index in [1.807, 2.05) is 6.07 Å². The minimum atomic E-state index is -2.97. The number of ether oxygens (including phenoxy) is 1. The third kappa shape index (κ3) is 4.49. The number of carbonyl (C=O) groups excluding carboxylic acids is 2. The van der Waals surface area contributed by atoms with Gasteiger partial charge in [-0.2, -0.15) is 8.78 Å². The lowest BCUT2D eigenvalue weighted by molar-refractivity contribution is -0.131. The van der Waals surface area contributed by atoms with Gasteiger partial charge in [-0.05, 0) is 54.7 Å². The van der Waals surface area contributed by atoms with E-state index in [-0.39, 0.29) is 22.8 Å². The molecule has 3 rings (SSSR count). The van der Waals surface area contributed by atoms with Crippen LogP contribution in [0, 0.1) is 0 Å². The first kappa shape index (κ1) is 19.4. The summed E-state index contributed by atoms with van der Waals surface area (Å²) in [5.74, 6) is -2.42. The van der Waals surface area contributed by atoms with Crippen LogP contribution in [0.25, 0.3) is 0 Å². The van der Waals surface area contributed by atoms with Crippen molar-refractivity contribution in [2.45, 2.75) is 25.4 Å². The van der Waals surface area contributed by atoms with Gasteiger partial charge in [0.15, 0.2) is 0 Å². The molecule has 0 amide bonds. The van der Waals surface area contributed by atoms with E-state index >= 15 is 0 Å². The van der Waals surface area contributed by atoms with Gasteiger partial charge < -0.3 is 9.84 Å². The Morgan fingerprint density at radius 2 is 1.64 bits per heavy atom. The highest BCUT2D eigenvalue weighted by atomic mass is 19.3.